The Balaban J connectivity index is 1.74. The fourth-order valence-electron chi connectivity index (χ4n) is 2.72. The lowest BCUT2D eigenvalue weighted by Crippen LogP contribution is -2.38. The van der Waals surface area contributed by atoms with Gasteiger partial charge in [-0.2, -0.15) is 0 Å². The van der Waals surface area contributed by atoms with Crippen molar-refractivity contribution in [2.45, 2.75) is 58.1 Å². The van der Waals surface area contributed by atoms with Crippen molar-refractivity contribution in [1.82, 2.24) is 5.32 Å². The van der Waals surface area contributed by atoms with E-state index in [1.54, 1.807) is 7.11 Å². The number of fused-ring (bicyclic) bond motifs is 1. The van der Waals surface area contributed by atoms with Crippen LogP contribution in [-0.2, 0) is 6.42 Å². The lowest BCUT2D eigenvalue weighted by atomic mass is 10.0. The van der Waals surface area contributed by atoms with E-state index >= 15 is 0 Å². The van der Waals surface area contributed by atoms with Gasteiger partial charge in [-0.1, -0.05) is 38.7 Å². The van der Waals surface area contributed by atoms with Crippen LogP contribution in [0.2, 0.25) is 0 Å². The van der Waals surface area contributed by atoms with Gasteiger partial charge >= 0.3 is 0 Å². The highest BCUT2D eigenvalue weighted by atomic mass is 16.5. The van der Waals surface area contributed by atoms with Gasteiger partial charge in [0.15, 0.2) is 6.23 Å². The van der Waals surface area contributed by atoms with Crippen molar-refractivity contribution in [3.05, 3.63) is 23.8 Å². The summed E-state index contributed by atoms with van der Waals surface area (Å²) >= 11 is 0. The summed E-state index contributed by atoms with van der Waals surface area (Å²) in [5.41, 5.74) is 1.20. The van der Waals surface area contributed by atoms with Gasteiger partial charge in [0, 0.05) is 12.0 Å². The number of rotatable bonds is 8. The first-order valence-electron chi connectivity index (χ1n) is 7.91. The molecule has 1 N–H and O–H groups in total. The molecule has 1 atom stereocenters. The number of nitrogens with one attached hydrogen (secondary N) is 1. The molecule has 0 amide bonds. The van der Waals surface area contributed by atoms with Crippen molar-refractivity contribution in [2.75, 3.05) is 13.7 Å². The number of ether oxygens (including phenoxy) is 2. The van der Waals surface area contributed by atoms with Gasteiger partial charge in [0.1, 0.15) is 11.5 Å². The monoisotopic (exact) mass is 277 g/mol. The maximum Gasteiger partial charge on any atom is 0.150 e. The van der Waals surface area contributed by atoms with Crippen LogP contribution in [0.4, 0.5) is 0 Å². The molecule has 112 valence electrons. The molecule has 1 heterocycles. The summed E-state index contributed by atoms with van der Waals surface area (Å²) < 4.78 is 11.4. The number of benzene rings is 1. The Morgan fingerprint density at radius 1 is 1.25 bits per heavy atom. The van der Waals surface area contributed by atoms with Crippen molar-refractivity contribution in [3.8, 4) is 11.5 Å². The SMILES string of the molecule is CCCCCCCNC1CCc2c(OC)cccc2O1. The van der Waals surface area contributed by atoms with Gasteiger partial charge in [0.2, 0.25) is 0 Å². The number of hydrogen-bond acceptors (Lipinski definition) is 3. The van der Waals surface area contributed by atoms with Gasteiger partial charge in [-0.05, 0) is 31.5 Å². The normalized spacial score (nSPS) is 17.4. The van der Waals surface area contributed by atoms with E-state index < -0.39 is 0 Å². The van der Waals surface area contributed by atoms with Gasteiger partial charge in [0.05, 0.1) is 7.11 Å². The van der Waals surface area contributed by atoms with Crippen LogP contribution in [0.3, 0.4) is 0 Å². The van der Waals surface area contributed by atoms with Gasteiger partial charge in [-0.15, -0.1) is 0 Å². The third-order valence-electron chi connectivity index (χ3n) is 3.89. The lowest BCUT2D eigenvalue weighted by molar-refractivity contribution is 0.136. The van der Waals surface area contributed by atoms with E-state index in [9.17, 15) is 0 Å². The Bertz CT molecular complexity index is 406. The molecule has 1 aromatic rings. The Morgan fingerprint density at radius 3 is 2.90 bits per heavy atom. The van der Waals surface area contributed by atoms with Crippen LogP contribution in [0.5, 0.6) is 11.5 Å². The van der Waals surface area contributed by atoms with E-state index in [-0.39, 0.29) is 6.23 Å². The molecular formula is C17H27NO2. The van der Waals surface area contributed by atoms with Crippen molar-refractivity contribution in [2.24, 2.45) is 0 Å². The Kier molecular flexibility index (Phi) is 6.19. The quantitative estimate of drug-likeness (QED) is 0.731. The van der Waals surface area contributed by atoms with E-state index in [2.05, 4.69) is 12.2 Å². The second-order valence-corrected chi connectivity index (χ2v) is 5.45. The smallest absolute Gasteiger partial charge is 0.150 e. The van der Waals surface area contributed by atoms with Crippen molar-refractivity contribution >= 4 is 0 Å². The predicted molar refractivity (Wildman–Crippen MR) is 82.5 cm³/mol. The molecule has 1 aliphatic rings. The molecule has 0 bridgehead atoms. The van der Waals surface area contributed by atoms with E-state index in [0.29, 0.717) is 0 Å². The summed E-state index contributed by atoms with van der Waals surface area (Å²) in [6, 6.07) is 6.03. The predicted octanol–water partition coefficient (Wildman–Crippen LogP) is 3.91. The maximum atomic E-state index is 6.01. The number of methoxy groups -OCH3 is 1. The zero-order valence-electron chi connectivity index (χ0n) is 12.8. The van der Waals surface area contributed by atoms with Gasteiger partial charge in [-0.25, -0.2) is 0 Å². The molecule has 0 aromatic heterocycles. The molecule has 20 heavy (non-hydrogen) atoms. The first kappa shape index (κ1) is 15.2. The molecule has 1 aromatic carbocycles. The van der Waals surface area contributed by atoms with Crippen molar-refractivity contribution in [3.63, 3.8) is 0 Å². The second kappa shape index (κ2) is 8.15. The number of unbranched alkanes of at least 4 members (excludes halogenated alkanes) is 4. The van der Waals surface area contributed by atoms with E-state index in [1.165, 1.54) is 37.7 Å². The van der Waals surface area contributed by atoms with Crippen LogP contribution in [0.1, 0.15) is 51.0 Å². The van der Waals surface area contributed by atoms with Crippen LogP contribution in [0.15, 0.2) is 18.2 Å². The molecule has 0 radical (unpaired) electrons. The molecule has 3 nitrogen and oxygen atoms in total. The van der Waals surface area contributed by atoms with Crippen molar-refractivity contribution < 1.29 is 9.47 Å². The molecule has 3 heteroatoms. The highest BCUT2D eigenvalue weighted by Crippen LogP contribution is 2.33. The molecular weight excluding hydrogens is 250 g/mol. The Labute approximate surface area is 122 Å². The Hall–Kier alpha value is -1.22. The minimum atomic E-state index is 0.154. The molecule has 0 saturated carbocycles. The minimum absolute atomic E-state index is 0.154. The minimum Gasteiger partial charge on any atom is -0.496 e. The summed E-state index contributed by atoms with van der Waals surface area (Å²) in [5, 5.41) is 3.51. The average Bonchev–Trinajstić information content (AvgIpc) is 2.50. The highest BCUT2D eigenvalue weighted by Gasteiger charge is 2.21. The van der Waals surface area contributed by atoms with E-state index in [0.717, 1.165) is 30.9 Å². The van der Waals surface area contributed by atoms with Gasteiger partial charge in [0.25, 0.3) is 0 Å². The lowest BCUT2D eigenvalue weighted by Gasteiger charge is -2.27. The molecule has 0 aliphatic carbocycles. The van der Waals surface area contributed by atoms with Crippen LogP contribution in [0, 0.1) is 0 Å². The molecule has 0 saturated heterocycles. The van der Waals surface area contributed by atoms with Crippen molar-refractivity contribution in [1.29, 1.82) is 0 Å². The zero-order chi connectivity index (χ0) is 14.2. The Morgan fingerprint density at radius 2 is 2.10 bits per heavy atom. The van der Waals surface area contributed by atoms with Crippen LogP contribution < -0.4 is 14.8 Å². The molecule has 1 unspecified atom stereocenters. The number of hydrogen-bond donors (Lipinski definition) is 1. The standard InChI is InChI=1S/C17H27NO2/c1-3-4-5-6-7-13-18-17-12-11-14-15(19-2)9-8-10-16(14)20-17/h8-10,17-18H,3-7,11-13H2,1-2H3. The van der Waals surface area contributed by atoms with Crippen LogP contribution in [-0.4, -0.2) is 19.9 Å². The first-order chi connectivity index (χ1) is 9.85. The third kappa shape index (κ3) is 4.14. The molecule has 2 rings (SSSR count). The molecule has 0 spiro atoms. The zero-order valence-corrected chi connectivity index (χ0v) is 12.8. The van der Waals surface area contributed by atoms with Crippen LogP contribution >= 0.6 is 0 Å². The maximum absolute atomic E-state index is 6.01. The van der Waals surface area contributed by atoms with Gasteiger partial charge in [-0.3, -0.25) is 5.32 Å². The second-order valence-electron chi connectivity index (χ2n) is 5.45. The fraction of sp³-hybridized carbons (Fsp3) is 0.647. The summed E-state index contributed by atoms with van der Waals surface area (Å²) in [7, 11) is 1.72. The first-order valence-corrected chi connectivity index (χ1v) is 7.91. The van der Waals surface area contributed by atoms with E-state index in [1.807, 2.05) is 18.2 Å². The third-order valence-corrected chi connectivity index (χ3v) is 3.89. The largest absolute Gasteiger partial charge is 0.496 e. The molecule has 0 fully saturated rings. The fourth-order valence-corrected chi connectivity index (χ4v) is 2.72. The summed E-state index contributed by atoms with van der Waals surface area (Å²) in [6.45, 7) is 3.30. The van der Waals surface area contributed by atoms with E-state index in [4.69, 9.17) is 9.47 Å². The van der Waals surface area contributed by atoms with Crippen LogP contribution in [0.25, 0.3) is 0 Å². The van der Waals surface area contributed by atoms with Gasteiger partial charge < -0.3 is 9.47 Å². The summed E-state index contributed by atoms with van der Waals surface area (Å²) in [4.78, 5) is 0. The highest BCUT2D eigenvalue weighted by molar-refractivity contribution is 5.45. The molecule has 1 aliphatic heterocycles. The topological polar surface area (TPSA) is 30.5 Å². The summed E-state index contributed by atoms with van der Waals surface area (Å²) in [5.74, 6) is 1.92. The summed E-state index contributed by atoms with van der Waals surface area (Å²) in [6.07, 6.45) is 8.76. The average molecular weight is 277 g/mol.